The lowest BCUT2D eigenvalue weighted by molar-refractivity contribution is 0.409. The molecule has 1 atom stereocenters. The highest BCUT2D eigenvalue weighted by Crippen LogP contribution is 2.25. The Morgan fingerprint density at radius 2 is 1.86 bits per heavy atom. The van der Waals surface area contributed by atoms with Crippen molar-refractivity contribution < 1.29 is 4.74 Å². The van der Waals surface area contributed by atoms with Gasteiger partial charge in [-0.3, -0.25) is 0 Å². The first kappa shape index (κ1) is 11.6. The zero-order chi connectivity index (χ0) is 10.7. The van der Waals surface area contributed by atoms with Gasteiger partial charge in [-0.15, -0.1) is 0 Å². The van der Waals surface area contributed by atoms with Gasteiger partial charge in [0.15, 0.2) is 0 Å². The minimum atomic E-state index is 0.485. The third-order valence-corrected chi connectivity index (χ3v) is 2.72. The maximum absolute atomic E-state index is 5.36. The van der Waals surface area contributed by atoms with Crippen LogP contribution in [0.4, 0.5) is 0 Å². The van der Waals surface area contributed by atoms with Gasteiger partial charge in [-0.05, 0) is 43.0 Å². The van der Waals surface area contributed by atoms with Crippen LogP contribution in [-0.2, 0) is 6.42 Å². The van der Waals surface area contributed by atoms with Gasteiger partial charge in [0.25, 0.3) is 0 Å². The summed E-state index contributed by atoms with van der Waals surface area (Å²) in [6.45, 7) is 6.39. The third kappa shape index (κ3) is 2.74. The summed E-state index contributed by atoms with van der Waals surface area (Å²) in [6, 6.07) is 4.33. The summed E-state index contributed by atoms with van der Waals surface area (Å²) < 4.78 is 5.36. The number of rotatable bonds is 3. The molecule has 1 rings (SSSR count). The normalized spacial score (nSPS) is 12.6. The lowest BCUT2D eigenvalue weighted by atomic mass is 10.0. The van der Waals surface area contributed by atoms with E-state index < -0.39 is 0 Å². The number of ether oxygens (including phenoxy) is 1. The SMILES string of the molecule is COc1cc(C)c(C)cc1CC(C)Br. The van der Waals surface area contributed by atoms with Gasteiger partial charge < -0.3 is 4.74 Å². The Bertz CT molecular complexity index is 318. The molecule has 0 amide bonds. The van der Waals surface area contributed by atoms with Crippen molar-refractivity contribution in [1.29, 1.82) is 0 Å². The van der Waals surface area contributed by atoms with Crippen LogP contribution in [0.2, 0.25) is 0 Å². The Kier molecular flexibility index (Phi) is 3.99. The minimum Gasteiger partial charge on any atom is -0.496 e. The molecule has 0 heterocycles. The Hall–Kier alpha value is -0.500. The van der Waals surface area contributed by atoms with Crippen LogP contribution in [-0.4, -0.2) is 11.9 Å². The molecule has 0 N–H and O–H groups in total. The maximum atomic E-state index is 5.36. The molecule has 0 saturated carbocycles. The van der Waals surface area contributed by atoms with Crippen LogP contribution in [0.15, 0.2) is 12.1 Å². The zero-order valence-corrected chi connectivity index (χ0v) is 10.8. The zero-order valence-electron chi connectivity index (χ0n) is 9.23. The molecule has 0 aliphatic carbocycles. The molecule has 0 aromatic heterocycles. The third-order valence-electron chi connectivity index (χ3n) is 2.40. The molecule has 0 fully saturated rings. The van der Waals surface area contributed by atoms with Gasteiger partial charge in [-0.1, -0.05) is 28.9 Å². The van der Waals surface area contributed by atoms with Gasteiger partial charge in [0.1, 0.15) is 5.75 Å². The van der Waals surface area contributed by atoms with Crippen LogP contribution in [0.3, 0.4) is 0 Å². The second-order valence-corrected chi connectivity index (χ2v) is 5.30. The fraction of sp³-hybridized carbons (Fsp3) is 0.500. The van der Waals surface area contributed by atoms with Crippen LogP contribution in [0, 0.1) is 13.8 Å². The highest BCUT2D eigenvalue weighted by atomic mass is 79.9. The van der Waals surface area contributed by atoms with E-state index in [2.05, 4.69) is 48.8 Å². The molecule has 0 aliphatic rings. The highest BCUT2D eigenvalue weighted by Gasteiger charge is 2.07. The Morgan fingerprint density at radius 1 is 1.29 bits per heavy atom. The highest BCUT2D eigenvalue weighted by molar-refractivity contribution is 9.09. The predicted molar refractivity (Wildman–Crippen MR) is 64.6 cm³/mol. The summed E-state index contributed by atoms with van der Waals surface area (Å²) in [7, 11) is 1.73. The van der Waals surface area contributed by atoms with E-state index in [9.17, 15) is 0 Å². The molecule has 78 valence electrons. The largest absolute Gasteiger partial charge is 0.496 e. The average molecular weight is 257 g/mol. The molecule has 0 bridgehead atoms. The van der Waals surface area contributed by atoms with E-state index in [1.54, 1.807) is 7.11 Å². The standard InChI is InChI=1S/C12H17BrO/c1-8-5-11(7-10(3)13)12(14-4)6-9(8)2/h5-6,10H,7H2,1-4H3. The fourth-order valence-corrected chi connectivity index (χ4v) is 1.85. The minimum absolute atomic E-state index is 0.485. The number of benzene rings is 1. The van der Waals surface area contributed by atoms with E-state index >= 15 is 0 Å². The lowest BCUT2D eigenvalue weighted by Gasteiger charge is -2.12. The van der Waals surface area contributed by atoms with Crippen molar-refractivity contribution >= 4 is 15.9 Å². The lowest BCUT2D eigenvalue weighted by Crippen LogP contribution is -2.01. The van der Waals surface area contributed by atoms with Gasteiger partial charge in [0.2, 0.25) is 0 Å². The van der Waals surface area contributed by atoms with E-state index in [0.29, 0.717) is 4.83 Å². The topological polar surface area (TPSA) is 9.23 Å². The number of alkyl halides is 1. The Labute approximate surface area is 94.6 Å². The molecular weight excluding hydrogens is 240 g/mol. The summed E-state index contributed by atoms with van der Waals surface area (Å²) in [5.74, 6) is 0.999. The fourth-order valence-electron chi connectivity index (χ4n) is 1.50. The number of hydrogen-bond donors (Lipinski definition) is 0. The molecule has 2 heteroatoms. The first-order valence-electron chi connectivity index (χ1n) is 4.82. The molecule has 1 aromatic carbocycles. The summed E-state index contributed by atoms with van der Waals surface area (Å²) in [6.07, 6.45) is 1.00. The predicted octanol–water partition coefficient (Wildman–Crippen LogP) is 3.64. The molecule has 1 nitrogen and oxygen atoms in total. The van der Waals surface area contributed by atoms with Crippen LogP contribution < -0.4 is 4.74 Å². The molecule has 0 spiro atoms. The van der Waals surface area contributed by atoms with Gasteiger partial charge in [0.05, 0.1) is 7.11 Å². The van der Waals surface area contributed by atoms with E-state index in [0.717, 1.165) is 12.2 Å². The summed E-state index contributed by atoms with van der Waals surface area (Å²) >= 11 is 3.56. The van der Waals surface area contributed by atoms with Crippen molar-refractivity contribution in [3.8, 4) is 5.75 Å². The summed E-state index contributed by atoms with van der Waals surface area (Å²) in [5, 5.41) is 0. The second-order valence-electron chi connectivity index (χ2n) is 3.73. The molecule has 0 radical (unpaired) electrons. The van der Waals surface area contributed by atoms with E-state index in [4.69, 9.17) is 4.74 Å². The van der Waals surface area contributed by atoms with E-state index in [1.807, 2.05) is 0 Å². The maximum Gasteiger partial charge on any atom is 0.122 e. The second kappa shape index (κ2) is 4.83. The Morgan fingerprint density at radius 3 is 2.36 bits per heavy atom. The van der Waals surface area contributed by atoms with Crippen molar-refractivity contribution in [3.05, 3.63) is 28.8 Å². The van der Waals surface area contributed by atoms with Crippen molar-refractivity contribution in [2.45, 2.75) is 32.0 Å². The number of aryl methyl sites for hydroxylation is 2. The van der Waals surface area contributed by atoms with E-state index in [1.165, 1.54) is 16.7 Å². The van der Waals surface area contributed by atoms with Crippen LogP contribution in [0.1, 0.15) is 23.6 Å². The summed E-state index contributed by atoms with van der Waals surface area (Å²) in [5.41, 5.74) is 3.89. The summed E-state index contributed by atoms with van der Waals surface area (Å²) in [4.78, 5) is 0.485. The first-order valence-corrected chi connectivity index (χ1v) is 5.74. The molecule has 1 unspecified atom stereocenters. The first-order chi connectivity index (χ1) is 6.54. The molecule has 0 aliphatic heterocycles. The molecular formula is C12H17BrO. The Balaban J connectivity index is 3.07. The van der Waals surface area contributed by atoms with Gasteiger partial charge in [-0.2, -0.15) is 0 Å². The van der Waals surface area contributed by atoms with Crippen molar-refractivity contribution in [2.75, 3.05) is 7.11 Å². The monoisotopic (exact) mass is 256 g/mol. The quantitative estimate of drug-likeness (QED) is 0.751. The van der Waals surface area contributed by atoms with Crippen LogP contribution >= 0.6 is 15.9 Å². The van der Waals surface area contributed by atoms with Gasteiger partial charge in [-0.25, -0.2) is 0 Å². The van der Waals surface area contributed by atoms with Crippen molar-refractivity contribution in [2.24, 2.45) is 0 Å². The average Bonchev–Trinajstić information content (AvgIpc) is 2.10. The molecule has 1 aromatic rings. The van der Waals surface area contributed by atoms with E-state index in [-0.39, 0.29) is 0 Å². The number of halogens is 1. The van der Waals surface area contributed by atoms with Crippen LogP contribution in [0.5, 0.6) is 5.75 Å². The molecule has 14 heavy (non-hydrogen) atoms. The number of methoxy groups -OCH3 is 1. The molecule has 0 saturated heterocycles. The van der Waals surface area contributed by atoms with Gasteiger partial charge in [0, 0.05) is 4.83 Å². The van der Waals surface area contributed by atoms with Crippen LogP contribution in [0.25, 0.3) is 0 Å². The van der Waals surface area contributed by atoms with Crippen molar-refractivity contribution in [3.63, 3.8) is 0 Å². The smallest absolute Gasteiger partial charge is 0.122 e. The van der Waals surface area contributed by atoms with Gasteiger partial charge >= 0.3 is 0 Å². The number of hydrogen-bond acceptors (Lipinski definition) is 1. The van der Waals surface area contributed by atoms with Crippen molar-refractivity contribution in [1.82, 2.24) is 0 Å².